The van der Waals surface area contributed by atoms with Gasteiger partial charge in [-0.25, -0.2) is 22.8 Å². The van der Waals surface area contributed by atoms with Gasteiger partial charge in [-0.05, 0) is 13.8 Å². The fourth-order valence-electron chi connectivity index (χ4n) is 1.69. The lowest BCUT2D eigenvalue weighted by atomic mass is 10.2. The van der Waals surface area contributed by atoms with Crippen LogP contribution in [0, 0.1) is 17.5 Å². The highest BCUT2D eigenvalue weighted by atomic mass is 19.2. The summed E-state index contributed by atoms with van der Waals surface area (Å²) in [7, 11) is 0. The number of nitrogens with zero attached hydrogens (tertiary/aromatic N) is 3. The molecule has 0 atom stereocenters. The lowest BCUT2D eigenvalue weighted by Gasteiger charge is -2.11. The van der Waals surface area contributed by atoms with E-state index >= 15 is 0 Å². The molecular weight excluding hydrogens is 257 g/mol. The minimum atomic E-state index is -1.23. The van der Waals surface area contributed by atoms with E-state index in [2.05, 4.69) is 15.4 Å². The zero-order valence-electron chi connectivity index (χ0n) is 10.5. The summed E-state index contributed by atoms with van der Waals surface area (Å²) < 4.78 is 41.1. The van der Waals surface area contributed by atoms with Crippen LogP contribution in [-0.4, -0.2) is 14.8 Å². The summed E-state index contributed by atoms with van der Waals surface area (Å²) in [5, 5.41) is 6.62. The fraction of sp³-hybridized carbons (Fsp3) is 0.333. The molecule has 0 fully saturated rings. The van der Waals surface area contributed by atoms with Crippen LogP contribution in [0.15, 0.2) is 18.5 Å². The minimum Gasteiger partial charge on any atom is -0.375 e. The highest BCUT2D eigenvalue weighted by Crippen LogP contribution is 2.19. The standard InChI is InChI=1S/C12H13F3N4/c1-7(2)19-11(17-6-18-19)5-16-10-4-8(13)3-9(14)12(10)15/h3-4,6-7,16H,5H2,1-2H3. The van der Waals surface area contributed by atoms with Gasteiger partial charge in [-0.3, -0.25) is 0 Å². The van der Waals surface area contributed by atoms with Gasteiger partial charge >= 0.3 is 0 Å². The number of halogens is 3. The Morgan fingerprint density at radius 3 is 2.68 bits per heavy atom. The maximum Gasteiger partial charge on any atom is 0.182 e. The van der Waals surface area contributed by atoms with Gasteiger partial charge in [0, 0.05) is 18.2 Å². The smallest absolute Gasteiger partial charge is 0.182 e. The molecule has 2 rings (SSSR count). The fourth-order valence-corrected chi connectivity index (χ4v) is 1.69. The van der Waals surface area contributed by atoms with Crippen LogP contribution in [0.1, 0.15) is 25.7 Å². The Balaban J connectivity index is 2.17. The van der Waals surface area contributed by atoms with Gasteiger partial charge in [-0.1, -0.05) is 0 Å². The predicted molar refractivity (Wildman–Crippen MR) is 64.0 cm³/mol. The van der Waals surface area contributed by atoms with Crippen molar-refractivity contribution in [3.63, 3.8) is 0 Å². The molecule has 0 saturated carbocycles. The minimum absolute atomic E-state index is 0.0911. The van der Waals surface area contributed by atoms with Crippen LogP contribution < -0.4 is 5.32 Å². The van der Waals surface area contributed by atoms with E-state index in [0.717, 1.165) is 6.07 Å². The SMILES string of the molecule is CC(C)n1ncnc1CNc1cc(F)cc(F)c1F. The Bertz CT molecular complexity index is 580. The topological polar surface area (TPSA) is 42.7 Å². The molecule has 0 amide bonds. The van der Waals surface area contributed by atoms with E-state index < -0.39 is 17.5 Å². The van der Waals surface area contributed by atoms with Crippen LogP contribution in [0.2, 0.25) is 0 Å². The van der Waals surface area contributed by atoms with Gasteiger partial charge in [-0.2, -0.15) is 5.10 Å². The average molecular weight is 270 g/mol. The average Bonchev–Trinajstić information content (AvgIpc) is 2.80. The van der Waals surface area contributed by atoms with Gasteiger partial charge < -0.3 is 5.32 Å². The second-order valence-corrected chi connectivity index (χ2v) is 4.32. The molecule has 1 aromatic carbocycles. The normalized spacial score (nSPS) is 11.1. The molecule has 1 heterocycles. The van der Waals surface area contributed by atoms with Crippen LogP contribution in [-0.2, 0) is 6.54 Å². The molecule has 2 aromatic rings. The molecular formula is C12H13F3N4. The van der Waals surface area contributed by atoms with E-state index in [1.165, 1.54) is 6.33 Å². The largest absolute Gasteiger partial charge is 0.375 e. The van der Waals surface area contributed by atoms with Gasteiger partial charge in [0.15, 0.2) is 11.6 Å². The van der Waals surface area contributed by atoms with Crippen LogP contribution >= 0.6 is 0 Å². The Morgan fingerprint density at radius 1 is 1.26 bits per heavy atom. The summed E-state index contributed by atoms with van der Waals surface area (Å²) in [6.07, 6.45) is 1.37. The van der Waals surface area contributed by atoms with Crippen LogP contribution in [0.4, 0.5) is 18.9 Å². The van der Waals surface area contributed by atoms with E-state index in [1.54, 1.807) is 4.68 Å². The highest BCUT2D eigenvalue weighted by Gasteiger charge is 2.12. The summed E-state index contributed by atoms with van der Waals surface area (Å²) in [5.74, 6) is -2.63. The first kappa shape index (κ1) is 13.4. The first-order chi connectivity index (χ1) is 8.99. The zero-order chi connectivity index (χ0) is 14.0. The summed E-state index contributed by atoms with van der Waals surface area (Å²) >= 11 is 0. The molecule has 4 nitrogen and oxygen atoms in total. The third-order valence-electron chi connectivity index (χ3n) is 2.57. The maximum atomic E-state index is 13.4. The Labute approximate surface area is 108 Å². The lowest BCUT2D eigenvalue weighted by molar-refractivity contribution is 0.494. The molecule has 0 saturated heterocycles. The number of aromatic nitrogens is 3. The molecule has 19 heavy (non-hydrogen) atoms. The lowest BCUT2D eigenvalue weighted by Crippen LogP contribution is -2.13. The van der Waals surface area contributed by atoms with Crippen molar-refractivity contribution >= 4 is 5.69 Å². The summed E-state index contributed by atoms with van der Waals surface area (Å²) in [4.78, 5) is 4.01. The number of nitrogens with one attached hydrogen (secondary N) is 1. The summed E-state index contributed by atoms with van der Waals surface area (Å²) in [5.41, 5.74) is -0.240. The van der Waals surface area contributed by atoms with Crippen molar-refractivity contribution < 1.29 is 13.2 Å². The van der Waals surface area contributed by atoms with E-state index in [4.69, 9.17) is 0 Å². The van der Waals surface area contributed by atoms with E-state index in [-0.39, 0.29) is 18.3 Å². The van der Waals surface area contributed by atoms with Crippen molar-refractivity contribution in [3.05, 3.63) is 41.7 Å². The van der Waals surface area contributed by atoms with Crippen molar-refractivity contribution in [1.82, 2.24) is 14.8 Å². The van der Waals surface area contributed by atoms with E-state index in [0.29, 0.717) is 11.9 Å². The Kier molecular flexibility index (Phi) is 3.73. The van der Waals surface area contributed by atoms with Crippen LogP contribution in [0.3, 0.4) is 0 Å². The Hall–Kier alpha value is -2.05. The molecule has 7 heteroatoms. The van der Waals surface area contributed by atoms with Crippen molar-refractivity contribution in [1.29, 1.82) is 0 Å². The quantitative estimate of drug-likeness (QED) is 0.869. The molecule has 0 aliphatic carbocycles. The second kappa shape index (κ2) is 5.29. The molecule has 0 aliphatic rings. The molecule has 1 N–H and O–H groups in total. The van der Waals surface area contributed by atoms with Crippen molar-refractivity contribution in [2.24, 2.45) is 0 Å². The number of anilines is 1. The molecule has 0 aliphatic heterocycles. The third-order valence-corrected chi connectivity index (χ3v) is 2.57. The van der Waals surface area contributed by atoms with Crippen LogP contribution in [0.25, 0.3) is 0 Å². The molecule has 102 valence electrons. The number of hydrogen-bond acceptors (Lipinski definition) is 3. The van der Waals surface area contributed by atoms with Crippen molar-refractivity contribution in [3.8, 4) is 0 Å². The highest BCUT2D eigenvalue weighted by molar-refractivity contribution is 5.45. The molecule has 1 aromatic heterocycles. The van der Waals surface area contributed by atoms with Gasteiger partial charge in [0.2, 0.25) is 0 Å². The number of benzene rings is 1. The second-order valence-electron chi connectivity index (χ2n) is 4.32. The Morgan fingerprint density at radius 2 is 2.00 bits per heavy atom. The van der Waals surface area contributed by atoms with Gasteiger partial charge in [0.25, 0.3) is 0 Å². The molecule has 0 radical (unpaired) electrons. The first-order valence-electron chi connectivity index (χ1n) is 5.76. The van der Waals surface area contributed by atoms with Gasteiger partial charge in [-0.15, -0.1) is 0 Å². The summed E-state index contributed by atoms with van der Waals surface area (Å²) in [6, 6.07) is 1.49. The van der Waals surface area contributed by atoms with Gasteiger partial charge in [0.1, 0.15) is 18.0 Å². The van der Waals surface area contributed by atoms with Crippen molar-refractivity contribution in [2.45, 2.75) is 26.4 Å². The van der Waals surface area contributed by atoms with Crippen molar-refractivity contribution in [2.75, 3.05) is 5.32 Å². The summed E-state index contributed by atoms with van der Waals surface area (Å²) in [6.45, 7) is 3.96. The van der Waals surface area contributed by atoms with E-state index in [1.807, 2.05) is 13.8 Å². The zero-order valence-corrected chi connectivity index (χ0v) is 10.5. The predicted octanol–water partition coefficient (Wildman–Crippen LogP) is 2.89. The molecule has 0 bridgehead atoms. The number of rotatable bonds is 4. The van der Waals surface area contributed by atoms with Crippen LogP contribution in [0.5, 0.6) is 0 Å². The van der Waals surface area contributed by atoms with E-state index in [9.17, 15) is 13.2 Å². The third kappa shape index (κ3) is 2.86. The monoisotopic (exact) mass is 270 g/mol. The molecule has 0 spiro atoms. The first-order valence-corrected chi connectivity index (χ1v) is 5.76. The number of hydrogen-bond donors (Lipinski definition) is 1. The maximum absolute atomic E-state index is 13.4. The molecule has 0 unspecified atom stereocenters. The van der Waals surface area contributed by atoms with Gasteiger partial charge in [0.05, 0.1) is 12.2 Å².